The summed E-state index contributed by atoms with van der Waals surface area (Å²) < 4.78 is 0. The SMILES string of the molecule is OC(N1CCCC1)N1CCCC1. The summed E-state index contributed by atoms with van der Waals surface area (Å²) in [7, 11) is 0. The summed E-state index contributed by atoms with van der Waals surface area (Å²) in [6, 6.07) is 0. The van der Waals surface area contributed by atoms with E-state index in [0.717, 1.165) is 26.2 Å². The molecule has 0 aliphatic carbocycles. The molecule has 0 bridgehead atoms. The van der Waals surface area contributed by atoms with Crippen molar-refractivity contribution in [2.24, 2.45) is 0 Å². The number of aliphatic hydroxyl groups is 1. The van der Waals surface area contributed by atoms with Crippen molar-refractivity contribution in [3.8, 4) is 0 Å². The smallest absolute Gasteiger partial charge is 0.165 e. The molecular weight excluding hydrogens is 152 g/mol. The van der Waals surface area contributed by atoms with Gasteiger partial charge in [0.2, 0.25) is 0 Å². The Bertz CT molecular complexity index is 123. The van der Waals surface area contributed by atoms with Crippen LogP contribution in [0, 0.1) is 0 Å². The van der Waals surface area contributed by atoms with Gasteiger partial charge in [0, 0.05) is 26.2 Å². The molecular formula is C9H18N2O. The Morgan fingerprint density at radius 1 is 0.750 bits per heavy atom. The van der Waals surface area contributed by atoms with E-state index in [1.807, 2.05) is 0 Å². The van der Waals surface area contributed by atoms with Crippen molar-refractivity contribution in [2.45, 2.75) is 32.0 Å². The Morgan fingerprint density at radius 2 is 1.08 bits per heavy atom. The van der Waals surface area contributed by atoms with E-state index >= 15 is 0 Å². The van der Waals surface area contributed by atoms with Crippen molar-refractivity contribution in [3.05, 3.63) is 0 Å². The number of nitrogens with zero attached hydrogens (tertiary/aromatic N) is 2. The lowest BCUT2D eigenvalue weighted by Gasteiger charge is -2.30. The van der Waals surface area contributed by atoms with Crippen LogP contribution in [-0.2, 0) is 0 Å². The van der Waals surface area contributed by atoms with Crippen LogP contribution in [0.15, 0.2) is 0 Å². The quantitative estimate of drug-likeness (QED) is 0.652. The Morgan fingerprint density at radius 3 is 1.42 bits per heavy atom. The van der Waals surface area contributed by atoms with Crippen LogP contribution < -0.4 is 0 Å². The van der Waals surface area contributed by atoms with Crippen LogP contribution in [0.1, 0.15) is 25.7 Å². The van der Waals surface area contributed by atoms with Crippen LogP contribution in [-0.4, -0.2) is 47.4 Å². The highest BCUT2D eigenvalue weighted by Crippen LogP contribution is 2.17. The van der Waals surface area contributed by atoms with E-state index in [4.69, 9.17) is 0 Å². The minimum absolute atomic E-state index is 0.282. The van der Waals surface area contributed by atoms with E-state index in [1.165, 1.54) is 25.7 Å². The summed E-state index contributed by atoms with van der Waals surface area (Å²) in [6.07, 6.45) is 4.74. The van der Waals surface area contributed by atoms with Crippen molar-refractivity contribution in [2.75, 3.05) is 26.2 Å². The van der Waals surface area contributed by atoms with Crippen LogP contribution in [0.25, 0.3) is 0 Å². The molecule has 12 heavy (non-hydrogen) atoms. The zero-order valence-electron chi connectivity index (χ0n) is 7.58. The maximum atomic E-state index is 9.90. The second-order valence-electron chi connectivity index (χ2n) is 3.83. The third kappa shape index (κ3) is 1.63. The van der Waals surface area contributed by atoms with Crippen molar-refractivity contribution in [1.82, 2.24) is 9.80 Å². The second kappa shape index (κ2) is 3.73. The van der Waals surface area contributed by atoms with Gasteiger partial charge in [-0.3, -0.25) is 9.80 Å². The number of likely N-dealkylation sites (tertiary alicyclic amines) is 2. The van der Waals surface area contributed by atoms with Crippen LogP contribution in [0.3, 0.4) is 0 Å². The van der Waals surface area contributed by atoms with Gasteiger partial charge in [-0.1, -0.05) is 0 Å². The largest absolute Gasteiger partial charge is 0.365 e. The van der Waals surface area contributed by atoms with Crippen LogP contribution in [0.4, 0.5) is 0 Å². The topological polar surface area (TPSA) is 26.7 Å². The summed E-state index contributed by atoms with van der Waals surface area (Å²) in [5, 5.41) is 9.90. The second-order valence-corrected chi connectivity index (χ2v) is 3.83. The van der Waals surface area contributed by atoms with E-state index in [2.05, 4.69) is 9.80 Å². The van der Waals surface area contributed by atoms with Crippen molar-refractivity contribution in [1.29, 1.82) is 0 Å². The van der Waals surface area contributed by atoms with Gasteiger partial charge in [-0.05, 0) is 25.7 Å². The van der Waals surface area contributed by atoms with E-state index in [0.29, 0.717) is 0 Å². The fourth-order valence-electron chi connectivity index (χ4n) is 2.18. The van der Waals surface area contributed by atoms with Gasteiger partial charge in [0.1, 0.15) is 0 Å². The first kappa shape index (κ1) is 8.48. The molecule has 0 unspecified atom stereocenters. The van der Waals surface area contributed by atoms with Gasteiger partial charge in [0.15, 0.2) is 6.35 Å². The van der Waals surface area contributed by atoms with E-state index < -0.39 is 0 Å². The minimum atomic E-state index is -0.282. The highest BCUT2D eigenvalue weighted by molar-refractivity contribution is 4.73. The van der Waals surface area contributed by atoms with E-state index in [1.54, 1.807) is 0 Å². The molecule has 0 aromatic heterocycles. The molecule has 0 radical (unpaired) electrons. The Kier molecular flexibility index (Phi) is 2.63. The molecule has 2 rings (SSSR count). The summed E-state index contributed by atoms with van der Waals surface area (Å²) in [5.74, 6) is 0. The Hall–Kier alpha value is -0.120. The molecule has 70 valence electrons. The predicted octanol–water partition coefficient (Wildman–Crippen LogP) is 0.454. The van der Waals surface area contributed by atoms with Gasteiger partial charge in [-0.2, -0.15) is 0 Å². The van der Waals surface area contributed by atoms with Crippen LogP contribution >= 0.6 is 0 Å². The Balaban J connectivity index is 1.84. The van der Waals surface area contributed by atoms with Crippen LogP contribution in [0.2, 0.25) is 0 Å². The molecule has 2 aliphatic rings. The van der Waals surface area contributed by atoms with Gasteiger partial charge in [0.05, 0.1) is 0 Å². The molecule has 3 heteroatoms. The lowest BCUT2D eigenvalue weighted by Crippen LogP contribution is -2.45. The molecule has 2 heterocycles. The van der Waals surface area contributed by atoms with Gasteiger partial charge < -0.3 is 5.11 Å². The summed E-state index contributed by atoms with van der Waals surface area (Å²) in [4.78, 5) is 4.37. The standard InChI is InChI=1S/C9H18N2O/c12-9(10-5-1-2-6-10)11-7-3-4-8-11/h9,12H,1-8H2. The van der Waals surface area contributed by atoms with Gasteiger partial charge in [-0.25, -0.2) is 0 Å². The molecule has 0 spiro atoms. The molecule has 0 aromatic rings. The molecule has 1 N–H and O–H groups in total. The minimum Gasteiger partial charge on any atom is -0.365 e. The fourth-order valence-corrected chi connectivity index (χ4v) is 2.18. The maximum Gasteiger partial charge on any atom is 0.165 e. The average Bonchev–Trinajstić information content (AvgIpc) is 2.77. The highest BCUT2D eigenvalue weighted by atomic mass is 16.3. The van der Waals surface area contributed by atoms with Gasteiger partial charge in [-0.15, -0.1) is 0 Å². The summed E-state index contributed by atoms with van der Waals surface area (Å²) in [6.45, 7) is 4.32. The number of aliphatic hydroxyl groups excluding tert-OH is 1. The monoisotopic (exact) mass is 170 g/mol. The predicted molar refractivity (Wildman–Crippen MR) is 47.6 cm³/mol. The molecule has 0 saturated carbocycles. The summed E-state index contributed by atoms with van der Waals surface area (Å²) in [5.41, 5.74) is 0. The molecule has 0 aromatic carbocycles. The van der Waals surface area contributed by atoms with Crippen LogP contribution in [0.5, 0.6) is 0 Å². The first-order chi connectivity index (χ1) is 5.88. The summed E-state index contributed by atoms with van der Waals surface area (Å²) >= 11 is 0. The maximum absolute atomic E-state index is 9.90. The molecule has 3 nitrogen and oxygen atoms in total. The third-order valence-electron chi connectivity index (χ3n) is 2.93. The molecule has 0 atom stereocenters. The van der Waals surface area contributed by atoms with Crippen molar-refractivity contribution >= 4 is 0 Å². The number of hydrogen-bond acceptors (Lipinski definition) is 3. The number of hydrogen-bond donors (Lipinski definition) is 1. The zero-order valence-corrected chi connectivity index (χ0v) is 7.58. The van der Waals surface area contributed by atoms with Gasteiger partial charge in [0.25, 0.3) is 0 Å². The van der Waals surface area contributed by atoms with E-state index in [9.17, 15) is 5.11 Å². The highest BCUT2D eigenvalue weighted by Gasteiger charge is 2.26. The lowest BCUT2D eigenvalue weighted by atomic mass is 10.4. The molecule has 2 aliphatic heterocycles. The van der Waals surface area contributed by atoms with Gasteiger partial charge >= 0.3 is 0 Å². The fraction of sp³-hybridized carbons (Fsp3) is 1.00. The first-order valence-corrected chi connectivity index (χ1v) is 5.04. The normalized spacial score (nSPS) is 27.5. The third-order valence-corrected chi connectivity index (χ3v) is 2.93. The number of rotatable bonds is 2. The van der Waals surface area contributed by atoms with Crippen molar-refractivity contribution in [3.63, 3.8) is 0 Å². The Labute approximate surface area is 74.0 Å². The average molecular weight is 170 g/mol. The molecule has 2 fully saturated rings. The van der Waals surface area contributed by atoms with Crippen molar-refractivity contribution < 1.29 is 5.11 Å². The first-order valence-electron chi connectivity index (χ1n) is 5.04. The molecule has 0 amide bonds. The zero-order chi connectivity index (χ0) is 8.39. The molecule has 2 saturated heterocycles. The lowest BCUT2D eigenvalue weighted by molar-refractivity contribution is -0.0921. The van der Waals surface area contributed by atoms with E-state index in [-0.39, 0.29) is 6.35 Å².